The second-order valence-electron chi connectivity index (χ2n) is 6.21. The van der Waals surface area contributed by atoms with Crippen LogP contribution in [-0.2, 0) is 0 Å². The van der Waals surface area contributed by atoms with Gasteiger partial charge in [-0.15, -0.1) is 0 Å². The van der Waals surface area contributed by atoms with Gasteiger partial charge in [0.05, 0.1) is 24.8 Å². The Morgan fingerprint density at radius 3 is 3.04 bits per heavy atom. The number of likely N-dealkylation sites (tertiary alicyclic amines) is 1. The number of methoxy groups -OCH3 is 1. The van der Waals surface area contributed by atoms with Crippen molar-refractivity contribution in [3.8, 4) is 5.75 Å². The maximum atomic E-state index is 14.2. The number of halogens is 1. The molecular weight excluding hydrogens is 323 g/mol. The van der Waals surface area contributed by atoms with Gasteiger partial charge in [-0.1, -0.05) is 6.07 Å². The fourth-order valence-electron chi connectivity index (χ4n) is 3.37. The van der Waals surface area contributed by atoms with Gasteiger partial charge in [0.25, 0.3) is 0 Å². The molecule has 0 bridgehead atoms. The van der Waals surface area contributed by atoms with Crippen LogP contribution in [0.2, 0.25) is 0 Å². The van der Waals surface area contributed by atoms with E-state index >= 15 is 0 Å². The van der Waals surface area contributed by atoms with Gasteiger partial charge in [0, 0.05) is 18.9 Å². The Labute approximate surface area is 146 Å². The Balaban J connectivity index is 1.77. The van der Waals surface area contributed by atoms with Crippen LogP contribution in [0.25, 0.3) is 0 Å². The first-order valence-electron chi connectivity index (χ1n) is 8.50. The van der Waals surface area contributed by atoms with Crippen molar-refractivity contribution in [2.24, 2.45) is 0 Å². The molecule has 1 aliphatic heterocycles. The molecule has 2 N–H and O–H groups in total. The molecule has 134 valence electrons. The molecular formula is C18H23FN4O2. The van der Waals surface area contributed by atoms with E-state index in [0.717, 1.165) is 25.1 Å². The molecule has 1 saturated heterocycles. The molecule has 1 aromatic heterocycles. The molecule has 7 heteroatoms. The number of carbonyl (C=O) groups is 1. The largest absolute Gasteiger partial charge is 0.496 e. The number of imidazole rings is 1. The topological polar surface area (TPSA) is 70.2 Å². The summed E-state index contributed by atoms with van der Waals surface area (Å²) >= 11 is 0. The summed E-state index contributed by atoms with van der Waals surface area (Å²) in [6.45, 7) is 2.41. The molecule has 25 heavy (non-hydrogen) atoms. The van der Waals surface area contributed by atoms with E-state index in [2.05, 4.69) is 15.3 Å². The zero-order chi connectivity index (χ0) is 17.8. The highest BCUT2D eigenvalue weighted by molar-refractivity contribution is 5.75. The number of amides is 2. The van der Waals surface area contributed by atoms with E-state index in [4.69, 9.17) is 4.74 Å². The maximum absolute atomic E-state index is 14.2. The molecule has 0 spiro atoms. The number of rotatable bonds is 4. The lowest BCUT2D eigenvalue weighted by atomic mass is 10.0. The average molecular weight is 346 g/mol. The van der Waals surface area contributed by atoms with Crippen LogP contribution in [0, 0.1) is 5.82 Å². The first-order valence-corrected chi connectivity index (χ1v) is 8.50. The number of nitrogens with one attached hydrogen (secondary N) is 2. The third-order valence-electron chi connectivity index (χ3n) is 4.60. The fourth-order valence-corrected chi connectivity index (χ4v) is 3.37. The van der Waals surface area contributed by atoms with E-state index < -0.39 is 11.9 Å². The molecule has 2 heterocycles. The molecule has 0 unspecified atom stereocenters. The Bertz CT molecular complexity index is 720. The molecule has 1 aliphatic rings. The van der Waals surface area contributed by atoms with Crippen LogP contribution >= 0.6 is 0 Å². The first kappa shape index (κ1) is 17.3. The maximum Gasteiger partial charge on any atom is 0.318 e. The molecule has 2 aromatic rings. The van der Waals surface area contributed by atoms with Gasteiger partial charge in [-0.05, 0) is 38.3 Å². The smallest absolute Gasteiger partial charge is 0.318 e. The second kappa shape index (κ2) is 7.55. The minimum absolute atomic E-state index is 0.0848. The molecule has 2 amide bonds. The van der Waals surface area contributed by atoms with Crippen LogP contribution < -0.4 is 10.1 Å². The van der Waals surface area contributed by atoms with Crippen molar-refractivity contribution in [1.29, 1.82) is 0 Å². The van der Waals surface area contributed by atoms with Crippen LogP contribution in [-0.4, -0.2) is 34.6 Å². The third-order valence-corrected chi connectivity index (χ3v) is 4.60. The number of urea groups is 1. The van der Waals surface area contributed by atoms with Crippen molar-refractivity contribution in [3.63, 3.8) is 0 Å². The van der Waals surface area contributed by atoms with Crippen LogP contribution in [0.5, 0.6) is 5.75 Å². The number of carbonyl (C=O) groups excluding carboxylic acids is 1. The van der Waals surface area contributed by atoms with Crippen LogP contribution in [0.15, 0.2) is 30.6 Å². The number of hydrogen-bond acceptors (Lipinski definition) is 3. The number of hydrogen-bond donors (Lipinski definition) is 2. The number of nitrogens with zero attached hydrogens (tertiary/aromatic N) is 2. The quantitative estimate of drug-likeness (QED) is 0.889. The van der Waals surface area contributed by atoms with E-state index in [9.17, 15) is 9.18 Å². The fraction of sp³-hybridized carbons (Fsp3) is 0.444. The Morgan fingerprint density at radius 2 is 2.32 bits per heavy atom. The standard InChI is InChI=1S/C18H23FN4O2/c1-12(16-13(19)6-5-8-15(16)25-2)22-18(24)23-11-4-3-7-14(23)17-20-9-10-21-17/h5-6,8-10,12,14H,3-4,7,11H2,1-2H3,(H,20,21)(H,22,24)/t12-,14+/m1/s1. The summed E-state index contributed by atoms with van der Waals surface area (Å²) in [6, 6.07) is 3.82. The highest BCUT2D eigenvalue weighted by Gasteiger charge is 2.31. The van der Waals surface area contributed by atoms with E-state index in [0.29, 0.717) is 17.9 Å². The molecule has 0 saturated carbocycles. The highest BCUT2D eigenvalue weighted by Crippen LogP contribution is 2.31. The average Bonchev–Trinajstić information content (AvgIpc) is 3.15. The predicted molar refractivity (Wildman–Crippen MR) is 91.8 cm³/mol. The van der Waals surface area contributed by atoms with E-state index in [1.807, 2.05) is 0 Å². The minimum atomic E-state index is -0.511. The number of benzene rings is 1. The normalized spacial score (nSPS) is 18.7. The van der Waals surface area contributed by atoms with E-state index in [-0.39, 0.29) is 12.1 Å². The second-order valence-corrected chi connectivity index (χ2v) is 6.21. The Hall–Kier alpha value is -2.57. The summed E-state index contributed by atoms with van der Waals surface area (Å²) in [5.74, 6) is 0.813. The van der Waals surface area contributed by atoms with Gasteiger partial charge >= 0.3 is 6.03 Å². The summed E-state index contributed by atoms with van der Waals surface area (Å²) in [5, 5.41) is 2.90. The number of piperidine rings is 1. The van der Waals surface area contributed by atoms with Crippen LogP contribution in [0.3, 0.4) is 0 Å². The van der Waals surface area contributed by atoms with Crippen LogP contribution in [0.1, 0.15) is 49.7 Å². The monoisotopic (exact) mass is 346 g/mol. The lowest BCUT2D eigenvalue weighted by molar-refractivity contribution is 0.145. The van der Waals surface area contributed by atoms with Crippen molar-refractivity contribution in [2.75, 3.05) is 13.7 Å². The van der Waals surface area contributed by atoms with Crippen molar-refractivity contribution in [3.05, 3.63) is 47.8 Å². The summed E-state index contributed by atoms with van der Waals surface area (Å²) < 4.78 is 19.5. The molecule has 2 atom stereocenters. The zero-order valence-electron chi connectivity index (χ0n) is 14.5. The number of ether oxygens (including phenoxy) is 1. The first-order chi connectivity index (χ1) is 12.1. The van der Waals surface area contributed by atoms with E-state index in [1.165, 1.54) is 13.2 Å². The molecule has 3 rings (SSSR count). The van der Waals surface area contributed by atoms with Crippen LogP contribution in [0.4, 0.5) is 9.18 Å². The Kier molecular flexibility index (Phi) is 5.21. The molecule has 0 aliphatic carbocycles. The van der Waals surface area contributed by atoms with E-state index in [1.54, 1.807) is 36.4 Å². The summed E-state index contributed by atoms with van der Waals surface area (Å²) in [6.07, 6.45) is 6.30. The van der Waals surface area contributed by atoms with Gasteiger partial charge in [-0.3, -0.25) is 0 Å². The van der Waals surface area contributed by atoms with Gasteiger partial charge < -0.3 is 19.9 Å². The SMILES string of the molecule is COc1cccc(F)c1[C@@H](C)NC(=O)N1CCCC[C@H]1c1ncc[nH]1. The van der Waals surface area contributed by atoms with Gasteiger partial charge in [0.1, 0.15) is 17.4 Å². The van der Waals surface area contributed by atoms with Gasteiger partial charge in [0.15, 0.2) is 0 Å². The third kappa shape index (κ3) is 3.60. The number of aromatic amines is 1. The van der Waals surface area contributed by atoms with Gasteiger partial charge in [-0.25, -0.2) is 14.2 Å². The summed E-state index contributed by atoms with van der Waals surface area (Å²) in [7, 11) is 1.49. The Morgan fingerprint density at radius 1 is 1.48 bits per heavy atom. The molecule has 1 fully saturated rings. The molecule has 6 nitrogen and oxygen atoms in total. The molecule has 1 aromatic carbocycles. The van der Waals surface area contributed by atoms with Crippen molar-refractivity contribution >= 4 is 6.03 Å². The highest BCUT2D eigenvalue weighted by atomic mass is 19.1. The summed E-state index contributed by atoms with van der Waals surface area (Å²) in [4.78, 5) is 22.0. The lowest BCUT2D eigenvalue weighted by Crippen LogP contribution is -2.45. The lowest BCUT2D eigenvalue weighted by Gasteiger charge is -2.35. The summed E-state index contributed by atoms with van der Waals surface area (Å²) in [5.41, 5.74) is 0.352. The predicted octanol–water partition coefficient (Wildman–Crippen LogP) is 3.56. The number of aromatic nitrogens is 2. The van der Waals surface area contributed by atoms with Crippen molar-refractivity contribution in [1.82, 2.24) is 20.2 Å². The zero-order valence-corrected chi connectivity index (χ0v) is 14.5. The van der Waals surface area contributed by atoms with Crippen molar-refractivity contribution < 1.29 is 13.9 Å². The van der Waals surface area contributed by atoms with Gasteiger partial charge in [-0.2, -0.15) is 0 Å². The van der Waals surface area contributed by atoms with Crippen molar-refractivity contribution in [2.45, 2.75) is 38.3 Å². The molecule has 0 radical (unpaired) electrons. The number of H-pyrrole nitrogens is 1. The minimum Gasteiger partial charge on any atom is -0.496 e. The van der Waals surface area contributed by atoms with Gasteiger partial charge in [0.2, 0.25) is 0 Å².